The highest BCUT2D eigenvalue weighted by Crippen LogP contribution is 2.34. The van der Waals surface area contributed by atoms with Gasteiger partial charge in [-0.3, -0.25) is 4.90 Å². The van der Waals surface area contributed by atoms with Crippen LogP contribution in [0, 0.1) is 5.82 Å². The summed E-state index contributed by atoms with van der Waals surface area (Å²) in [5.74, 6) is -0.305. The molecule has 3 atom stereocenters. The van der Waals surface area contributed by atoms with E-state index in [0.717, 1.165) is 18.8 Å². The smallest absolute Gasteiger partial charge is 0.131 e. The average Bonchev–Trinajstić information content (AvgIpc) is 2.45. The van der Waals surface area contributed by atoms with Gasteiger partial charge in [-0.2, -0.15) is 0 Å². The normalized spacial score (nSPS) is 28.3. The lowest BCUT2D eigenvalue weighted by molar-refractivity contribution is 0.115. The van der Waals surface area contributed by atoms with Crippen LogP contribution in [0.3, 0.4) is 0 Å². The molecule has 0 aliphatic carbocycles. The molecular weight excluding hydrogens is 267 g/mol. The van der Waals surface area contributed by atoms with Crippen LogP contribution in [0.15, 0.2) is 18.2 Å². The van der Waals surface area contributed by atoms with E-state index >= 15 is 0 Å². The van der Waals surface area contributed by atoms with Gasteiger partial charge in [0.2, 0.25) is 0 Å². The van der Waals surface area contributed by atoms with Gasteiger partial charge in [0.25, 0.3) is 0 Å². The van der Waals surface area contributed by atoms with Crippen molar-refractivity contribution in [3.63, 3.8) is 0 Å². The zero-order chi connectivity index (χ0) is 15.0. The van der Waals surface area contributed by atoms with Crippen LogP contribution in [0.5, 0.6) is 0 Å². The van der Waals surface area contributed by atoms with Crippen LogP contribution >= 0.6 is 0 Å². The van der Waals surface area contributed by atoms with Crippen molar-refractivity contribution in [1.82, 2.24) is 4.90 Å². The van der Waals surface area contributed by atoms with Gasteiger partial charge in [-0.1, -0.05) is 12.5 Å². The Labute approximate surface area is 126 Å². The van der Waals surface area contributed by atoms with Gasteiger partial charge in [-0.05, 0) is 45.4 Å². The molecule has 0 saturated carbocycles. The first-order valence-electron chi connectivity index (χ1n) is 8.05. The maximum absolute atomic E-state index is 14.1. The van der Waals surface area contributed by atoms with Crippen LogP contribution in [-0.2, 0) is 0 Å². The molecule has 2 aliphatic heterocycles. The van der Waals surface area contributed by atoms with Gasteiger partial charge in [0, 0.05) is 36.4 Å². The Morgan fingerprint density at radius 1 is 1.29 bits per heavy atom. The SMILES string of the molecule is CC1CN2CCCCC2CN1c1cccc(F)c1[C@@H](C)O. The maximum Gasteiger partial charge on any atom is 0.131 e. The molecule has 21 heavy (non-hydrogen) atoms. The Morgan fingerprint density at radius 2 is 2.10 bits per heavy atom. The standard InChI is InChI=1S/C17H25FN2O/c1-12-10-19-9-4-3-6-14(19)11-20(12)16-8-5-7-15(18)17(16)13(2)21/h5,7-8,12-14,21H,3-4,6,9-11H2,1-2H3/t12?,13-,14?/m1/s1. The molecule has 0 spiro atoms. The van der Waals surface area contributed by atoms with Gasteiger partial charge in [-0.25, -0.2) is 4.39 Å². The summed E-state index contributed by atoms with van der Waals surface area (Å²) in [6, 6.07) is 6.04. The van der Waals surface area contributed by atoms with Gasteiger partial charge in [0.15, 0.2) is 0 Å². The minimum atomic E-state index is -0.780. The van der Waals surface area contributed by atoms with Gasteiger partial charge >= 0.3 is 0 Å². The number of anilines is 1. The zero-order valence-corrected chi connectivity index (χ0v) is 12.9. The Kier molecular flexibility index (Phi) is 4.18. The highest BCUT2D eigenvalue weighted by Gasteiger charge is 2.34. The first kappa shape index (κ1) is 14.8. The van der Waals surface area contributed by atoms with Gasteiger partial charge < -0.3 is 10.0 Å². The molecule has 0 radical (unpaired) electrons. The third-order valence-electron chi connectivity index (χ3n) is 4.94. The molecule has 2 aliphatic rings. The summed E-state index contributed by atoms with van der Waals surface area (Å²) in [6.07, 6.45) is 3.03. The average molecular weight is 292 g/mol. The molecule has 2 fully saturated rings. The van der Waals surface area contributed by atoms with E-state index in [0.29, 0.717) is 17.6 Å². The minimum Gasteiger partial charge on any atom is -0.389 e. The summed E-state index contributed by atoms with van der Waals surface area (Å²) in [5.41, 5.74) is 1.30. The van der Waals surface area contributed by atoms with Crippen molar-refractivity contribution in [1.29, 1.82) is 0 Å². The second-order valence-corrected chi connectivity index (χ2v) is 6.49. The first-order chi connectivity index (χ1) is 10.1. The second-order valence-electron chi connectivity index (χ2n) is 6.49. The molecule has 3 rings (SSSR count). The molecule has 2 unspecified atom stereocenters. The Morgan fingerprint density at radius 3 is 2.86 bits per heavy atom. The topological polar surface area (TPSA) is 26.7 Å². The molecule has 0 bridgehead atoms. The molecule has 2 heterocycles. The summed E-state index contributed by atoms with van der Waals surface area (Å²) < 4.78 is 14.1. The molecule has 116 valence electrons. The quantitative estimate of drug-likeness (QED) is 0.908. The van der Waals surface area contributed by atoms with E-state index in [1.165, 1.54) is 31.9 Å². The van der Waals surface area contributed by atoms with Crippen molar-refractivity contribution in [2.45, 2.75) is 51.3 Å². The number of piperidine rings is 1. The molecule has 0 aromatic heterocycles. The number of aliphatic hydroxyl groups is 1. The lowest BCUT2D eigenvalue weighted by Gasteiger charge is -2.49. The van der Waals surface area contributed by atoms with Gasteiger partial charge in [0.1, 0.15) is 5.82 Å². The van der Waals surface area contributed by atoms with Crippen LogP contribution in [-0.4, -0.2) is 41.7 Å². The van der Waals surface area contributed by atoms with E-state index in [2.05, 4.69) is 16.7 Å². The summed E-state index contributed by atoms with van der Waals surface area (Å²) in [7, 11) is 0. The lowest BCUT2D eigenvalue weighted by Crippen LogP contribution is -2.59. The minimum absolute atomic E-state index is 0.305. The monoisotopic (exact) mass is 292 g/mol. The number of hydrogen-bond donors (Lipinski definition) is 1. The van der Waals surface area contributed by atoms with Crippen molar-refractivity contribution in [3.8, 4) is 0 Å². The summed E-state index contributed by atoms with van der Waals surface area (Å²) in [6.45, 7) is 6.99. The maximum atomic E-state index is 14.1. The third-order valence-corrected chi connectivity index (χ3v) is 4.94. The molecule has 1 aromatic carbocycles. The molecule has 4 heteroatoms. The summed E-state index contributed by atoms with van der Waals surface area (Å²) in [4.78, 5) is 4.86. The van der Waals surface area contributed by atoms with E-state index in [1.54, 1.807) is 13.0 Å². The predicted octanol–water partition coefficient (Wildman–Crippen LogP) is 2.94. The van der Waals surface area contributed by atoms with Gasteiger partial charge in [-0.15, -0.1) is 0 Å². The molecule has 1 aromatic rings. The molecule has 3 nitrogen and oxygen atoms in total. The molecule has 0 amide bonds. The Hall–Kier alpha value is -1.13. The highest BCUT2D eigenvalue weighted by atomic mass is 19.1. The first-order valence-corrected chi connectivity index (χ1v) is 8.05. The molecular formula is C17H25FN2O. The number of aliphatic hydroxyl groups excluding tert-OH is 1. The fourth-order valence-electron chi connectivity index (χ4n) is 3.88. The Bertz CT molecular complexity index is 506. The van der Waals surface area contributed by atoms with Crippen LogP contribution in [0.4, 0.5) is 10.1 Å². The van der Waals surface area contributed by atoms with Crippen LogP contribution < -0.4 is 4.90 Å². The zero-order valence-electron chi connectivity index (χ0n) is 12.9. The summed E-state index contributed by atoms with van der Waals surface area (Å²) >= 11 is 0. The lowest BCUT2D eigenvalue weighted by atomic mass is 9.95. The number of hydrogen-bond acceptors (Lipinski definition) is 3. The molecule has 1 N–H and O–H groups in total. The van der Waals surface area contributed by atoms with Crippen LogP contribution in [0.1, 0.15) is 44.8 Å². The largest absolute Gasteiger partial charge is 0.389 e. The van der Waals surface area contributed by atoms with Crippen molar-refractivity contribution >= 4 is 5.69 Å². The predicted molar refractivity (Wildman–Crippen MR) is 83.1 cm³/mol. The third kappa shape index (κ3) is 2.79. The van der Waals surface area contributed by atoms with Gasteiger partial charge in [0.05, 0.1) is 6.10 Å². The number of benzene rings is 1. The number of rotatable bonds is 2. The van der Waals surface area contributed by atoms with Crippen molar-refractivity contribution < 1.29 is 9.50 Å². The number of nitrogens with zero attached hydrogens (tertiary/aromatic N) is 2. The number of halogens is 1. The van der Waals surface area contributed by atoms with Crippen molar-refractivity contribution in [2.24, 2.45) is 0 Å². The molecule has 2 saturated heterocycles. The van der Waals surface area contributed by atoms with Crippen LogP contribution in [0.2, 0.25) is 0 Å². The van der Waals surface area contributed by atoms with Crippen molar-refractivity contribution in [2.75, 3.05) is 24.5 Å². The fourth-order valence-corrected chi connectivity index (χ4v) is 3.88. The van der Waals surface area contributed by atoms with Crippen molar-refractivity contribution in [3.05, 3.63) is 29.6 Å². The Balaban J connectivity index is 1.91. The highest BCUT2D eigenvalue weighted by molar-refractivity contribution is 5.56. The van der Waals surface area contributed by atoms with E-state index in [4.69, 9.17) is 0 Å². The summed E-state index contributed by atoms with van der Waals surface area (Å²) in [5, 5.41) is 9.96. The second kappa shape index (κ2) is 5.93. The van der Waals surface area contributed by atoms with E-state index in [9.17, 15) is 9.50 Å². The number of piperazine rings is 1. The van der Waals surface area contributed by atoms with E-state index in [-0.39, 0.29) is 5.82 Å². The van der Waals surface area contributed by atoms with E-state index < -0.39 is 6.10 Å². The van der Waals surface area contributed by atoms with Crippen LogP contribution in [0.25, 0.3) is 0 Å². The van der Waals surface area contributed by atoms with E-state index in [1.807, 2.05) is 6.07 Å². The fraction of sp³-hybridized carbons (Fsp3) is 0.647. The number of fused-ring (bicyclic) bond motifs is 1.